The monoisotopic (exact) mass is 466 g/mol. The van der Waals surface area contributed by atoms with E-state index in [2.05, 4.69) is 20.9 Å². The van der Waals surface area contributed by atoms with Crippen LogP contribution < -0.4 is 0 Å². The van der Waals surface area contributed by atoms with Gasteiger partial charge in [-0.25, -0.2) is 8.78 Å². The quantitative estimate of drug-likeness (QED) is 0.379. The van der Waals surface area contributed by atoms with Crippen LogP contribution in [0, 0.1) is 20.0 Å². The summed E-state index contributed by atoms with van der Waals surface area (Å²) in [7, 11) is 0. The molecule has 1 aromatic heterocycles. The van der Waals surface area contributed by atoms with Gasteiger partial charge < -0.3 is 4.98 Å². The number of imidazole rings is 1. The van der Waals surface area contributed by atoms with Gasteiger partial charge in [-0.1, -0.05) is 6.07 Å². The topological polar surface area (TPSA) is 20.7 Å². The molecule has 3 aromatic rings. The molecule has 0 aliphatic rings. The van der Waals surface area contributed by atoms with Gasteiger partial charge in [0.25, 0.3) is 0 Å². The second-order valence-corrected chi connectivity index (χ2v) is 6.52. The smallest absolute Gasteiger partial charge is 0.182 e. The number of benzene rings is 2. The third-order valence-electron chi connectivity index (χ3n) is 2.89. The maximum atomic E-state index is 14.1. The lowest BCUT2D eigenvalue weighted by molar-refractivity contribution is 0.615. The van der Waals surface area contributed by atoms with Crippen LogP contribution in [0.25, 0.3) is 16.7 Å². The molecule has 0 aliphatic heterocycles. The van der Waals surface area contributed by atoms with Crippen molar-refractivity contribution in [3.05, 3.63) is 54.8 Å². The summed E-state index contributed by atoms with van der Waals surface area (Å²) in [6.07, 6.45) is 0. The van der Waals surface area contributed by atoms with Crippen LogP contribution in [-0.2, 0) is 0 Å². The second kappa shape index (κ2) is 5.19. The molecule has 0 aliphatic carbocycles. The largest absolute Gasteiger partial charge is 0.330 e. The minimum Gasteiger partial charge on any atom is -0.330 e. The van der Waals surface area contributed by atoms with Gasteiger partial charge in [0.15, 0.2) is 4.77 Å². The SMILES string of the molecule is Fc1cc2c(cc1I)[nH]c(=S)n2-c1c(F)cccc1Br. The normalized spacial score (nSPS) is 11.2. The van der Waals surface area contributed by atoms with Crippen LogP contribution in [0.15, 0.2) is 34.8 Å². The van der Waals surface area contributed by atoms with Crippen LogP contribution in [0.4, 0.5) is 8.78 Å². The maximum Gasteiger partial charge on any atom is 0.182 e. The molecule has 2 aromatic carbocycles. The zero-order chi connectivity index (χ0) is 14.4. The molecule has 3 rings (SSSR count). The predicted octanol–water partition coefficient (Wildman–Crippen LogP) is 5.33. The molecule has 0 fully saturated rings. The third kappa shape index (κ3) is 2.21. The molecule has 7 heteroatoms. The molecule has 20 heavy (non-hydrogen) atoms. The van der Waals surface area contributed by atoms with Crippen molar-refractivity contribution in [3.63, 3.8) is 0 Å². The Morgan fingerprint density at radius 3 is 2.65 bits per heavy atom. The van der Waals surface area contributed by atoms with Crippen LogP contribution in [0.3, 0.4) is 0 Å². The van der Waals surface area contributed by atoms with Crippen molar-refractivity contribution in [2.75, 3.05) is 0 Å². The van der Waals surface area contributed by atoms with E-state index < -0.39 is 5.82 Å². The fourth-order valence-electron chi connectivity index (χ4n) is 2.03. The highest BCUT2D eigenvalue weighted by Crippen LogP contribution is 2.29. The van der Waals surface area contributed by atoms with Gasteiger partial charge in [0.1, 0.15) is 11.6 Å². The van der Waals surface area contributed by atoms with Gasteiger partial charge in [-0.05, 0) is 68.9 Å². The summed E-state index contributed by atoms with van der Waals surface area (Å²) in [5.74, 6) is -0.802. The molecule has 1 N–H and O–H groups in total. The van der Waals surface area contributed by atoms with Crippen molar-refractivity contribution in [2.45, 2.75) is 0 Å². The van der Waals surface area contributed by atoms with Crippen molar-refractivity contribution in [1.82, 2.24) is 9.55 Å². The van der Waals surface area contributed by atoms with Crippen LogP contribution in [0.1, 0.15) is 0 Å². The minimum absolute atomic E-state index is 0.268. The van der Waals surface area contributed by atoms with Crippen molar-refractivity contribution < 1.29 is 8.78 Å². The number of nitrogens with zero attached hydrogens (tertiary/aromatic N) is 1. The molecule has 2 nitrogen and oxygen atoms in total. The molecular formula is C13H6BrF2IN2S. The van der Waals surface area contributed by atoms with Gasteiger partial charge >= 0.3 is 0 Å². The van der Waals surface area contributed by atoms with E-state index in [1.165, 1.54) is 16.7 Å². The first kappa shape index (κ1) is 14.2. The highest BCUT2D eigenvalue weighted by Gasteiger charge is 2.15. The van der Waals surface area contributed by atoms with E-state index in [0.29, 0.717) is 23.8 Å². The number of hydrogen-bond acceptors (Lipinski definition) is 1. The number of fused-ring (bicyclic) bond motifs is 1. The lowest BCUT2D eigenvalue weighted by atomic mass is 10.2. The molecule has 0 atom stereocenters. The maximum absolute atomic E-state index is 14.1. The molecule has 0 saturated carbocycles. The molecule has 102 valence electrons. The van der Waals surface area contributed by atoms with E-state index in [1.54, 1.807) is 18.2 Å². The Labute approximate surface area is 140 Å². The zero-order valence-electron chi connectivity index (χ0n) is 9.75. The van der Waals surface area contributed by atoms with E-state index in [0.717, 1.165) is 0 Å². The van der Waals surface area contributed by atoms with E-state index in [-0.39, 0.29) is 11.5 Å². The molecule has 0 unspecified atom stereocenters. The second-order valence-electron chi connectivity index (χ2n) is 4.12. The van der Waals surface area contributed by atoms with E-state index in [4.69, 9.17) is 12.2 Å². The number of aromatic amines is 1. The van der Waals surface area contributed by atoms with Crippen LogP contribution in [0.5, 0.6) is 0 Å². The van der Waals surface area contributed by atoms with E-state index in [9.17, 15) is 8.78 Å². The Hall–Kier alpha value is -0.800. The van der Waals surface area contributed by atoms with Crippen LogP contribution >= 0.6 is 50.7 Å². The Bertz CT molecular complexity index is 868. The van der Waals surface area contributed by atoms with Gasteiger partial charge in [-0.15, -0.1) is 0 Å². The Morgan fingerprint density at radius 2 is 1.95 bits per heavy atom. The molecule has 1 heterocycles. The lowest BCUT2D eigenvalue weighted by Crippen LogP contribution is -1.99. The fraction of sp³-hybridized carbons (Fsp3) is 0. The first-order valence-electron chi connectivity index (χ1n) is 5.53. The summed E-state index contributed by atoms with van der Waals surface area (Å²) in [6, 6.07) is 7.63. The molecule has 0 bridgehead atoms. The van der Waals surface area contributed by atoms with Crippen molar-refractivity contribution >= 4 is 61.8 Å². The van der Waals surface area contributed by atoms with Gasteiger partial charge in [0.2, 0.25) is 0 Å². The summed E-state index contributed by atoms with van der Waals surface area (Å²) < 4.78 is 30.7. The van der Waals surface area contributed by atoms with Crippen molar-refractivity contribution in [3.8, 4) is 5.69 Å². The Morgan fingerprint density at radius 1 is 1.20 bits per heavy atom. The summed E-state index contributed by atoms with van der Waals surface area (Å²) in [6.45, 7) is 0. The van der Waals surface area contributed by atoms with Crippen molar-refractivity contribution in [1.29, 1.82) is 0 Å². The predicted molar refractivity (Wildman–Crippen MR) is 88.8 cm³/mol. The van der Waals surface area contributed by atoms with E-state index in [1.807, 2.05) is 22.6 Å². The minimum atomic E-state index is -0.435. The molecule has 0 amide bonds. The average molecular weight is 467 g/mol. The Kier molecular flexibility index (Phi) is 3.67. The summed E-state index contributed by atoms with van der Waals surface area (Å²) in [5.41, 5.74) is 1.43. The number of H-pyrrole nitrogens is 1. The number of nitrogens with one attached hydrogen (secondary N) is 1. The average Bonchev–Trinajstić information content (AvgIpc) is 2.67. The van der Waals surface area contributed by atoms with Gasteiger partial charge in [0, 0.05) is 10.5 Å². The van der Waals surface area contributed by atoms with Crippen LogP contribution in [-0.4, -0.2) is 9.55 Å². The number of hydrogen-bond donors (Lipinski definition) is 1. The number of halogens is 4. The number of aromatic nitrogens is 2. The molecule has 0 radical (unpaired) electrons. The molecule has 0 spiro atoms. The summed E-state index contributed by atoms with van der Waals surface area (Å²) >= 11 is 10.4. The van der Waals surface area contributed by atoms with E-state index >= 15 is 0 Å². The Balaban J connectivity index is 2.46. The first-order chi connectivity index (χ1) is 9.49. The molecular weight excluding hydrogens is 461 g/mol. The summed E-state index contributed by atoms with van der Waals surface area (Å²) in [4.78, 5) is 2.97. The van der Waals surface area contributed by atoms with Gasteiger partial charge in [-0.3, -0.25) is 4.57 Å². The van der Waals surface area contributed by atoms with Gasteiger partial charge in [0.05, 0.1) is 20.3 Å². The molecule has 0 saturated heterocycles. The van der Waals surface area contributed by atoms with Crippen molar-refractivity contribution in [2.24, 2.45) is 0 Å². The number of para-hydroxylation sites is 1. The lowest BCUT2D eigenvalue weighted by Gasteiger charge is -2.08. The zero-order valence-corrected chi connectivity index (χ0v) is 14.3. The fourth-order valence-corrected chi connectivity index (χ4v) is 3.31. The van der Waals surface area contributed by atoms with Gasteiger partial charge in [-0.2, -0.15) is 0 Å². The number of rotatable bonds is 1. The highest BCUT2D eigenvalue weighted by atomic mass is 127. The standard InChI is InChI=1S/C13H6BrF2IN2S/c14-6-2-1-3-7(15)12(6)19-11-4-8(16)9(17)5-10(11)18-13(19)20/h1-5H,(H,18,20). The highest BCUT2D eigenvalue weighted by molar-refractivity contribution is 14.1. The van der Waals surface area contributed by atoms with Crippen LogP contribution in [0.2, 0.25) is 0 Å². The first-order valence-corrected chi connectivity index (χ1v) is 7.81. The third-order valence-corrected chi connectivity index (χ3v) is 4.64. The summed E-state index contributed by atoms with van der Waals surface area (Å²) in [5, 5.41) is 0.